The Morgan fingerprint density at radius 2 is 2.07 bits per heavy atom. The number of ether oxygens (including phenoxy) is 2. The van der Waals surface area contributed by atoms with Crippen LogP contribution in [0.3, 0.4) is 0 Å². The quantitative estimate of drug-likeness (QED) is 0.201. The molecule has 2 aromatic rings. The molecule has 2 rings (SSSR count). The molecule has 0 saturated heterocycles. The van der Waals surface area contributed by atoms with Gasteiger partial charge in [0.05, 0.1) is 6.20 Å². The number of benzene rings is 1. The molecule has 0 fully saturated rings. The summed E-state index contributed by atoms with van der Waals surface area (Å²) in [7, 11) is 5.50. The van der Waals surface area contributed by atoms with Crippen LogP contribution in [0, 0.1) is 5.82 Å². The lowest BCUT2D eigenvalue weighted by Gasteiger charge is -2.18. The Morgan fingerprint density at radius 1 is 1.23 bits per heavy atom. The molecule has 7 nitrogen and oxygen atoms in total. The number of hydrogen-bond donors (Lipinski definition) is 2. The second kappa shape index (κ2) is 14.9. The van der Waals surface area contributed by atoms with Gasteiger partial charge in [0.1, 0.15) is 5.75 Å². The Labute approximate surface area is 195 Å². The molecule has 166 valence electrons. The number of nitrogens with zero attached hydrogens (tertiary/aromatic N) is 3. The number of halogens is 2. The van der Waals surface area contributed by atoms with Crippen LogP contribution >= 0.6 is 24.0 Å². The summed E-state index contributed by atoms with van der Waals surface area (Å²) in [5, 5.41) is 6.45. The Morgan fingerprint density at radius 3 is 2.73 bits per heavy atom. The lowest BCUT2D eigenvalue weighted by molar-refractivity contribution is 0.180. The van der Waals surface area contributed by atoms with Gasteiger partial charge in [-0.25, -0.2) is 4.39 Å². The first-order valence-electron chi connectivity index (χ1n) is 9.60. The molecule has 0 saturated carbocycles. The highest BCUT2D eigenvalue weighted by atomic mass is 127. The largest absolute Gasteiger partial charge is 0.453 e. The van der Waals surface area contributed by atoms with Gasteiger partial charge in [-0.2, -0.15) is 0 Å². The second-order valence-electron chi connectivity index (χ2n) is 6.56. The maximum absolute atomic E-state index is 14.3. The topological polar surface area (TPSA) is 71.0 Å². The van der Waals surface area contributed by atoms with Crippen LogP contribution in [-0.2, 0) is 11.3 Å². The zero-order chi connectivity index (χ0) is 20.9. The van der Waals surface area contributed by atoms with Gasteiger partial charge in [0, 0.05) is 53.1 Å². The van der Waals surface area contributed by atoms with E-state index in [0.29, 0.717) is 18.3 Å². The second-order valence-corrected chi connectivity index (χ2v) is 6.56. The number of guanidine groups is 1. The van der Waals surface area contributed by atoms with E-state index in [9.17, 15) is 4.39 Å². The number of nitrogens with one attached hydrogen (secondary N) is 2. The molecule has 0 bridgehead atoms. The summed E-state index contributed by atoms with van der Waals surface area (Å²) in [6, 6.07) is 8.35. The number of likely N-dealkylation sites (N-methyl/N-ethyl adjacent to an activating group) is 1. The molecular weight excluding hydrogens is 500 g/mol. The number of aromatic nitrogens is 1. The normalized spacial score (nSPS) is 11.2. The molecule has 30 heavy (non-hydrogen) atoms. The van der Waals surface area contributed by atoms with Crippen LogP contribution in [0.25, 0.3) is 0 Å². The molecule has 0 aliphatic rings. The van der Waals surface area contributed by atoms with E-state index >= 15 is 0 Å². The van der Waals surface area contributed by atoms with Crippen LogP contribution < -0.4 is 15.4 Å². The van der Waals surface area contributed by atoms with Crippen molar-refractivity contribution in [3.8, 4) is 11.5 Å². The summed E-state index contributed by atoms with van der Waals surface area (Å²) in [6.07, 6.45) is 4.18. The summed E-state index contributed by atoms with van der Waals surface area (Å²) in [5.74, 6) is 0.912. The van der Waals surface area contributed by atoms with Crippen LogP contribution in [0.4, 0.5) is 4.39 Å². The minimum absolute atomic E-state index is 0. The average Bonchev–Trinajstić information content (AvgIpc) is 2.73. The highest BCUT2D eigenvalue weighted by molar-refractivity contribution is 14.0. The molecule has 1 heterocycles. The molecule has 0 spiro atoms. The van der Waals surface area contributed by atoms with Crippen molar-refractivity contribution in [2.75, 3.05) is 47.4 Å². The van der Waals surface area contributed by atoms with Gasteiger partial charge >= 0.3 is 0 Å². The summed E-state index contributed by atoms with van der Waals surface area (Å²) in [5.41, 5.74) is 0.792. The summed E-state index contributed by atoms with van der Waals surface area (Å²) in [6.45, 7) is 3.85. The van der Waals surface area contributed by atoms with Crippen LogP contribution in [0.2, 0.25) is 0 Å². The molecule has 0 aliphatic carbocycles. The predicted octanol–water partition coefficient (Wildman–Crippen LogP) is 3.26. The number of hydrogen-bond acceptors (Lipinski definition) is 5. The van der Waals surface area contributed by atoms with Crippen LogP contribution in [0.15, 0.2) is 47.7 Å². The molecule has 0 atom stereocenters. The van der Waals surface area contributed by atoms with Gasteiger partial charge < -0.3 is 25.0 Å². The van der Waals surface area contributed by atoms with Crippen molar-refractivity contribution in [2.45, 2.75) is 13.0 Å². The van der Waals surface area contributed by atoms with Crippen LogP contribution in [0.1, 0.15) is 12.0 Å². The molecule has 0 amide bonds. The molecule has 1 aromatic heterocycles. The smallest absolute Gasteiger partial charge is 0.191 e. The fraction of sp³-hybridized carbons (Fsp3) is 0.429. The standard InChI is InChI=1S/C21H30FN5O2.HI/c1-23-21(25-10-12-27(2)11-5-13-28-3)26-15-17-7-8-20(19(22)14-17)29-18-6-4-9-24-16-18;/h4,6-9,14,16H,5,10-13,15H2,1-3H3,(H2,23,25,26);1H. The third-order valence-electron chi connectivity index (χ3n) is 4.22. The van der Waals surface area contributed by atoms with Gasteiger partial charge in [0.25, 0.3) is 0 Å². The van der Waals surface area contributed by atoms with Gasteiger partial charge in [0.2, 0.25) is 0 Å². The zero-order valence-electron chi connectivity index (χ0n) is 17.7. The van der Waals surface area contributed by atoms with Crippen molar-refractivity contribution in [1.82, 2.24) is 20.5 Å². The first-order chi connectivity index (χ1) is 14.1. The first kappa shape index (κ1) is 26.1. The average molecular weight is 531 g/mol. The Kier molecular flexibility index (Phi) is 13.0. The number of rotatable bonds is 11. The van der Waals surface area contributed by atoms with E-state index in [2.05, 4.69) is 32.6 Å². The highest BCUT2D eigenvalue weighted by Gasteiger charge is 2.07. The van der Waals surface area contributed by atoms with E-state index < -0.39 is 5.82 Å². The number of methoxy groups -OCH3 is 1. The van der Waals surface area contributed by atoms with Gasteiger partial charge in [-0.05, 0) is 43.3 Å². The molecule has 1 aromatic carbocycles. The minimum atomic E-state index is -0.422. The van der Waals surface area contributed by atoms with Crippen molar-refractivity contribution in [2.24, 2.45) is 4.99 Å². The Hall–Kier alpha value is -1.98. The third-order valence-corrected chi connectivity index (χ3v) is 4.22. The van der Waals surface area contributed by atoms with Gasteiger partial charge in [-0.3, -0.25) is 9.98 Å². The SMILES string of the molecule is CN=C(NCCN(C)CCCOC)NCc1ccc(Oc2cccnc2)c(F)c1.I. The molecule has 0 radical (unpaired) electrons. The van der Waals surface area contributed by atoms with Crippen molar-refractivity contribution >= 4 is 29.9 Å². The maximum Gasteiger partial charge on any atom is 0.191 e. The van der Waals surface area contributed by atoms with E-state index in [1.807, 2.05) is 6.07 Å². The van der Waals surface area contributed by atoms with E-state index in [-0.39, 0.29) is 29.7 Å². The molecule has 9 heteroatoms. The number of pyridine rings is 1. The predicted molar refractivity (Wildman–Crippen MR) is 128 cm³/mol. The van der Waals surface area contributed by atoms with E-state index in [1.165, 1.54) is 6.07 Å². The summed E-state index contributed by atoms with van der Waals surface area (Å²) in [4.78, 5) is 10.4. The van der Waals surface area contributed by atoms with Gasteiger partial charge in [0.15, 0.2) is 17.5 Å². The van der Waals surface area contributed by atoms with Crippen molar-refractivity contribution in [3.05, 3.63) is 54.1 Å². The maximum atomic E-state index is 14.3. The fourth-order valence-corrected chi connectivity index (χ4v) is 2.63. The van der Waals surface area contributed by atoms with Gasteiger partial charge in [-0.15, -0.1) is 24.0 Å². The third kappa shape index (κ3) is 9.68. The first-order valence-corrected chi connectivity index (χ1v) is 9.60. The van der Waals surface area contributed by atoms with E-state index in [1.54, 1.807) is 44.8 Å². The minimum Gasteiger partial charge on any atom is -0.453 e. The van der Waals surface area contributed by atoms with Crippen molar-refractivity contribution < 1.29 is 13.9 Å². The van der Waals surface area contributed by atoms with E-state index in [4.69, 9.17) is 9.47 Å². The highest BCUT2D eigenvalue weighted by Crippen LogP contribution is 2.24. The molecule has 0 unspecified atom stereocenters. The molecular formula is C21H31FIN5O2. The lowest BCUT2D eigenvalue weighted by Crippen LogP contribution is -2.40. The van der Waals surface area contributed by atoms with Crippen molar-refractivity contribution in [1.29, 1.82) is 0 Å². The number of aliphatic imine (C=N–C) groups is 1. The summed E-state index contributed by atoms with van der Waals surface area (Å²) >= 11 is 0. The van der Waals surface area contributed by atoms with Crippen LogP contribution in [0.5, 0.6) is 11.5 Å². The Bertz CT molecular complexity index is 764. The monoisotopic (exact) mass is 531 g/mol. The van der Waals surface area contributed by atoms with Crippen LogP contribution in [-0.4, -0.2) is 63.3 Å². The Balaban J connectivity index is 0.00000450. The fourth-order valence-electron chi connectivity index (χ4n) is 2.63. The van der Waals surface area contributed by atoms with Gasteiger partial charge in [-0.1, -0.05) is 6.07 Å². The molecule has 0 aliphatic heterocycles. The lowest BCUT2D eigenvalue weighted by atomic mass is 10.2. The van der Waals surface area contributed by atoms with Crippen molar-refractivity contribution in [3.63, 3.8) is 0 Å². The van der Waals surface area contributed by atoms with E-state index in [0.717, 1.165) is 38.2 Å². The summed E-state index contributed by atoms with van der Waals surface area (Å²) < 4.78 is 24.9. The zero-order valence-corrected chi connectivity index (χ0v) is 20.1. The molecule has 2 N–H and O–H groups in total.